The van der Waals surface area contributed by atoms with Gasteiger partial charge in [-0.2, -0.15) is 0 Å². The van der Waals surface area contributed by atoms with E-state index in [0.717, 1.165) is 6.42 Å². The molecule has 0 aliphatic heterocycles. The van der Waals surface area contributed by atoms with E-state index in [0.29, 0.717) is 6.61 Å². The van der Waals surface area contributed by atoms with Crippen molar-refractivity contribution < 1.29 is 14.6 Å². The summed E-state index contributed by atoms with van der Waals surface area (Å²) < 4.78 is 4.80. The highest BCUT2D eigenvalue weighted by atomic mass is 16.5. The molecule has 0 radical (unpaired) electrons. The van der Waals surface area contributed by atoms with Gasteiger partial charge in [0, 0.05) is 6.54 Å². The molecule has 0 bridgehead atoms. The van der Waals surface area contributed by atoms with Crippen molar-refractivity contribution in [3.8, 4) is 0 Å². The number of nitrogens with two attached hydrogens (primary N) is 1. The molecule has 0 saturated heterocycles. The second-order valence-corrected chi connectivity index (χ2v) is 4.23. The molecule has 0 unspecified atom stereocenters. The Kier molecular flexibility index (Phi) is 4.95. The summed E-state index contributed by atoms with van der Waals surface area (Å²) in [5, 5.41) is 8.96. The first-order chi connectivity index (χ1) is 5.87. The molecule has 0 saturated carbocycles. The maximum absolute atomic E-state index is 10.9. The van der Waals surface area contributed by atoms with Crippen molar-refractivity contribution in [2.75, 3.05) is 13.2 Å². The topological polar surface area (TPSA) is 72.5 Å². The first kappa shape index (κ1) is 12.4. The number of aliphatic hydroxyl groups is 1. The van der Waals surface area contributed by atoms with Crippen LogP contribution in [-0.2, 0) is 9.53 Å². The van der Waals surface area contributed by atoms with Gasteiger partial charge in [-0.15, -0.1) is 0 Å². The fraction of sp³-hybridized carbons (Fsp3) is 0.889. The molecule has 0 rings (SSSR count). The van der Waals surface area contributed by atoms with E-state index in [2.05, 4.69) is 20.8 Å². The number of ether oxygens (including phenoxy) is 1. The molecule has 0 aliphatic rings. The lowest BCUT2D eigenvalue weighted by Crippen LogP contribution is -2.31. The van der Waals surface area contributed by atoms with Crippen LogP contribution in [0.3, 0.4) is 0 Å². The molecule has 0 spiro atoms. The molecule has 13 heavy (non-hydrogen) atoms. The predicted molar refractivity (Wildman–Crippen MR) is 50.1 cm³/mol. The van der Waals surface area contributed by atoms with Crippen molar-refractivity contribution in [1.29, 1.82) is 0 Å². The molecule has 0 amide bonds. The molecular formula is C9H19NO3. The van der Waals surface area contributed by atoms with Crippen LogP contribution in [0.15, 0.2) is 0 Å². The van der Waals surface area contributed by atoms with Crippen LogP contribution in [0.4, 0.5) is 0 Å². The summed E-state index contributed by atoms with van der Waals surface area (Å²) in [6.45, 7) is 6.41. The van der Waals surface area contributed by atoms with Gasteiger partial charge in [0.2, 0.25) is 0 Å². The Labute approximate surface area is 79.1 Å². The Morgan fingerprint density at radius 3 is 2.46 bits per heavy atom. The maximum atomic E-state index is 10.9. The van der Waals surface area contributed by atoms with Gasteiger partial charge in [0.1, 0.15) is 0 Å². The third kappa shape index (κ3) is 6.54. The smallest absolute Gasteiger partial charge is 0.336 e. The van der Waals surface area contributed by atoms with Crippen molar-refractivity contribution >= 4 is 5.97 Å². The first-order valence-corrected chi connectivity index (χ1v) is 4.41. The van der Waals surface area contributed by atoms with E-state index in [4.69, 9.17) is 15.6 Å². The molecule has 4 nitrogen and oxygen atoms in total. The van der Waals surface area contributed by atoms with Crippen molar-refractivity contribution in [2.24, 2.45) is 11.1 Å². The largest absolute Gasteiger partial charge is 0.464 e. The number of aliphatic hydroxyl groups excluding tert-OH is 1. The molecule has 3 N–H and O–H groups in total. The average Bonchev–Trinajstić information content (AvgIpc) is 2.00. The van der Waals surface area contributed by atoms with E-state index in [1.165, 1.54) is 0 Å². The Morgan fingerprint density at radius 1 is 1.54 bits per heavy atom. The number of rotatable bonds is 4. The van der Waals surface area contributed by atoms with Crippen LogP contribution >= 0.6 is 0 Å². The zero-order valence-corrected chi connectivity index (χ0v) is 8.54. The summed E-state index contributed by atoms with van der Waals surface area (Å²) >= 11 is 0. The number of hydrogen-bond acceptors (Lipinski definition) is 4. The minimum absolute atomic E-state index is 0.0889. The fourth-order valence-electron chi connectivity index (χ4n) is 0.650. The van der Waals surface area contributed by atoms with Gasteiger partial charge in [-0.1, -0.05) is 20.8 Å². The van der Waals surface area contributed by atoms with Crippen molar-refractivity contribution in [2.45, 2.75) is 33.3 Å². The summed E-state index contributed by atoms with van der Waals surface area (Å²) in [5.41, 5.74) is 5.21. The highest BCUT2D eigenvalue weighted by molar-refractivity contribution is 5.74. The summed E-state index contributed by atoms with van der Waals surface area (Å²) in [7, 11) is 0. The molecule has 1 atom stereocenters. The molecule has 0 aliphatic carbocycles. The first-order valence-electron chi connectivity index (χ1n) is 4.41. The van der Waals surface area contributed by atoms with Crippen molar-refractivity contribution in [3.05, 3.63) is 0 Å². The molecule has 78 valence electrons. The molecule has 0 aromatic heterocycles. The van der Waals surface area contributed by atoms with Gasteiger partial charge in [-0.3, -0.25) is 0 Å². The summed E-state index contributed by atoms with van der Waals surface area (Å²) in [6, 6.07) is 0. The molecular weight excluding hydrogens is 170 g/mol. The van der Waals surface area contributed by atoms with Crippen LogP contribution in [0.2, 0.25) is 0 Å². The Balaban J connectivity index is 3.60. The van der Waals surface area contributed by atoms with E-state index < -0.39 is 12.1 Å². The van der Waals surface area contributed by atoms with Crippen LogP contribution in [0, 0.1) is 5.41 Å². The Hall–Kier alpha value is -0.610. The second kappa shape index (κ2) is 5.19. The number of carbonyl (C=O) groups excluding carboxylic acids is 1. The normalized spacial score (nSPS) is 13.9. The molecule has 0 aromatic rings. The number of carbonyl (C=O) groups is 1. The SMILES string of the molecule is CC(C)(C)CCOC(=O)[C@@H](O)CN. The fourth-order valence-corrected chi connectivity index (χ4v) is 0.650. The molecule has 4 heteroatoms. The number of hydrogen-bond donors (Lipinski definition) is 2. The summed E-state index contributed by atoms with van der Waals surface area (Å²) in [5.74, 6) is -0.633. The van der Waals surface area contributed by atoms with Gasteiger partial charge >= 0.3 is 5.97 Å². The minimum Gasteiger partial charge on any atom is -0.464 e. The highest BCUT2D eigenvalue weighted by Crippen LogP contribution is 2.17. The molecule has 0 heterocycles. The standard InChI is InChI=1S/C9H19NO3/c1-9(2,3)4-5-13-8(12)7(11)6-10/h7,11H,4-6,10H2,1-3H3/t7-/m0/s1. The minimum atomic E-state index is -1.18. The maximum Gasteiger partial charge on any atom is 0.336 e. The second-order valence-electron chi connectivity index (χ2n) is 4.23. The lowest BCUT2D eigenvalue weighted by atomic mass is 9.93. The van der Waals surface area contributed by atoms with Gasteiger partial charge < -0.3 is 15.6 Å². The van der Waals surface area contributed by atoms with Crippen molar-refractivity contribution in [3.63, 3.8) is 0 Å². The zero-order valence-electron chi connectivity index (χ0n) is 8.54. The Bertz CT molecular complexity index is 163. The van der Waals surface area contributed by atoms with Crippen LogP contribution < -0.4 is 5.73 Å². The highest BCUT2D eigenvalue weighted by Gasteiger charge is 2.16. The van der Waals surface area contributed by atoms with Gasteiger partial charge in [-0.05, 0) is 11.8 Å². The third-order valence-electron chi connectivity index (χ3n) is 1.59. The van der Waals surface area contributed by atoms with E-state index >= 15 is 0 Å². The van der Waals surface area contributed by atoms with Crippen LogP contribution in [0.5, 0.6) is 0 Å². The van der Waals surface area contributed by atoms with E-state index in [-0.39, 0.29) is 12.0 Å². The zero-order chi connectivity index (χ0) is 10.5. The van der Waals surface area contributed by atoms with Crippen molar-refractivity contribution in [1.82, 2.24) is 0 Å². The van der Waals surface area contributed by atoms with Crippen LogP contribution in [0.1, 0.15) is 27.2 Å². The number of esters is 1. The van der Waals surface area contributed by atoms with E-state index in [1.54, 1.807) is 0 Å². The molecule has 0 aromatic carbocycles. The van der Waals surface area contributed by atoms with Gasteiger partial charge in [0.15, 0.2) is 6.10 Å². The predicted octanol–water partition coefficient (Wildman–Crippen LogP) is 0.285. The van der Waals surface area contributed by atoms with E-state index in [1.807, 2.05) is 0 Å². The average molecular weight is 189 g/mol. The van der Waals surface area contributed by atoms with Gasteiger partial charge in [-0.25, -0.2) is 4.79 Å². The summed E-state index contributed by atoms with van der Waals surface area (Å²) in [4.78, 5) is 10.9. The molecule has 0 fully saturated rings. The summed E-state index contributed by atoms with van der Waals surface area (Å²) in [6.07, 6.45) is -0.407. The van der Waals surface area contributed by atoms with Crippen LogP contribution in [-0.4, -0.2) is 30.3 Å². The van der Waals surface area contributed by atoms with Gasteiger partial charge in [0.25, 0.3) is 0 Å². The lowest BCUT2D eigenvalue weighted by molar-refractivity contribution is -0.153. The quantitative estimate of drug-likeness (QED) is 0.623. The lowest BCUT2D eigenvalue weighted by Gasteiger charge is -2.18. The third-order valence-corrected chi connectivity index (χ3v) is 1.59. The van der Waals surface area contributed by atoms with Gasteiger partial charge in [0.05, 0.1) is 6.61 Å². The Morgan fingerprint density at radius 2 is 2.08 bits per heavy atom. The van der Waals surface area contributed by atoms with E-state index in [9.17, 15) is 4.79 Å². The monoisotopic (exact) mass is 189 g/mol. The van der Waals surface area contributed by atoms with Crippen LogP contribution in [0.25, 0.3) is 0 Å².